The Kier molecular flexibility index (Phi) is 6.21. The van der Waals surface area contributed by atoms with Crippen molar-refractivity contribution < 1.29 is 14.3 Å². The predicted molar refractivity (Wildman–Crippen MR) is 89.2 cm³/mol. The molecular formula is C17H26FN3O2. The minimum absolute atomic E-state index is 0.00927. The van der Waals surface area contributed by atoms with Gasteiger partial charge in [0.1, 0.15) is 5.82 Å². The summed E-state index contributed by atoms with van der Waals surface area (Å²) in [5, 5.41) is 14.6. The highest BCUT2D eigenvalue weighted by Gasteiger charge is 2.23. The van der Waals surface area contributed by atoms with E-state index in [2.05, 4.69) is 10.6 Å². The zero-order chi connectivity index (χ0) is 16.8. The van der Waals surface area contributed by atoms with Crippen LogP contribution in [0.25, 0.3) is 0 Å². The number of aliphatic hydroxyl groups excluding tert-OH is 1. The summed E-state index contributed by atoms with van der Waals surface area (Å²) < 4.78 is 14.0. The first-order valence-corrected chi connectivity index (χ1v) is 8.18. The monoisotopic (exact) mass is 323 g/mol. The zero-order valence-corrected chi connectivity index (χ0v) is 13.8. The number of carbonyl (C=O) groups is 1. The fourth-order valence-corrected chi connectivity index (χ4v) is 2.90. The van der Waals surface area contributed by atoms with E-state index in [4.69, 9.17) is 5.11 Å². The second-order valence-corrected chi connectivity index (χ2v) is 6.27. The Morgan fingerprint density at radius 3 is 3.04 bits per heavy atom. The summed E-state index contributed by atoms with van der Waals surface area (Å²) in [5.74, 6) is -0.225. The number of hydrogen-bond donors (Lipinski definition) is 3. The van der Waals surface area contributed by atoms with Gasteiger partial charge < -0.3 is 20.6 Å². The van der Waals surface area contributed by atoms with Gasteiger partial charge in [0.25, 0.3) is 0 Å². The molecule has 1 saturated heterocycles. The number of piperidine rings is 1. The molecule has 1 aromatic rings. The van der Waals surface area contributed by atoms with Crippen LogP contribution in [-0.2, 0) is 0 Å². The Morgan fingerprint density at radius 1 is 1.52 bits per heavy atom. The van der Waals surface area contributed by atoms with Gasteiger partial charge in [-0.2, -0.15) is 0 Å². The molecule has 1 fully saturated rings. The van der Waals surface area contributed by atoms with Crippen molar-refractivity contribution in [2.24, 2.45) is 0 Å². The van der Waals surface area contributed by atoms with Crippen LogP contribution in [0.2, 0.25) is 0 Å². The summed E-state index contributed by atoms with van der Waals surface area (Å²) in [4.78, 5) is 14.0. The molecule has 1 unspecified atom stereocenters. The SMILES string of the molecule is Cc1ccc(F)c(N2CCCC(NC(=O)N[C@H](C)CCO)C2)c1. The molecule has 1 aliphatic rings. The van der Waals surface area contributed by atoms with Gasteiger partial charge in [-0.15, -0.1) is 0 Å². The average Bonchev–Trinajstić information content (AvgIpc) is 2.50. The van der Waals surface area contributed by atoms with E-state index >= 15 is 0 Å². The third kappa shape index (κ3) is 5.10. The van der Waals surface area contributed by atoms with E-state index in [1.165, 1.54) is 6.07 Å². The summed E-state index contributed by atoms with van der Waals surface area (Å²) in [6.45, 7) is 5.23. The van der Waals surface area contributed by atoms with E-state index in [0.29, 0.717) is 18.7 Å². The second kappa shape index (κ2) is 8.15. The van der Waals surface area contributed by atoms with E-state index in [1.54, 1.807) is 6.07 Å². The molecular weight excluding hydrogens is 297 g/mol. The first-order valence-electron chi connectivity index (χ1n) is 8.18. The fraction of sp³-hybridized carbons (Fsp3) is 0.588. The minimum Gasteiger partial charge on any atom is -0.396 e. The molecule has 1 aliphatic heterocycles. The lowest BCUT2D eigenvalue weighted by Crippen LogP contribution is -2.52. The van der Waals surface area contributed by atoms with Crippen LogP contribution in [0.3, 0.4) is 0 Å². The molecule has 0 bridgehead atoms. The van der Waals surface area contributed by atoms with Gasteiger partial charge in [0.15, 0.2) is 0 Å². The molecule has 2 amide bonds. The average molecular weight is 323 g/mol. The number of aryl methyl sites for hydroxylation is 1. The number of nitrogens with one attached hydrogen (secondary N) is 2. The summed E-state index contributed by atoms with van der Waals surface area (Å²) in [6, 6.07) is 4.78. The zero-order valence-electron chi connectivity index (χ0n) is 13.8. The topological polar surface area (TPSA) is 64.6 Å². The van der Waals surface area contributed by atoms with Crippen LogP contribution in [0.4, 0.5) is 14.9 Å². The highest BCUT2D eigenvalue weighted by atomic mass is 19.1. The maximum atomic E-state index is 14.0. The van der Waals surface area contributed by atoms with E-state index in [1.807, 2.05) is 24.8 Å². The molecule has 1 heterocycles. The van der Waals surface area contributed by atoms with Crippen LogP contribution in [0.1, 0.15) is 31.7 Å². The number of rotatable bonds is 5. The number of amides is 2. The van der Waals surface area contributed by atoms with Crippen LogP contribution >= 0.6 is 0 Å². The van der Waals surface area contributed by atoms with E-state index < -0.39 is 0 Å². The number of aliphatic hydroxyl groups is 1. The molecule has 6 heteroatoms. The number of nitrogens with zero attached hydrogens (tertiary/aromatic N) is 1. The summed E-state index contributed by atoms with van der Waals surface area (Å²) in [6.07, 6.45) is 2.31. The summed E-state index contributed by atoms with van der Waals surface area (Å²) in [5.41, 5.74) is 1.62. The number of benzene rings is 1. The normalized spacial score (nSPS) is 19.3. The molecule has 3 N–H and O–H groups in total. The van der Waals surface area contributed by atoms with Crippen molar-refractivity contribution in [3.63, 3.8) is 0 Å². The smallest absolute Gasteiger partial charge is 0.315 e. The fourth-order valence-electron chi connectivity index (χ4n) is 2.90. The number of anilines is 1. The standard InChI is InChI=1S/C17H26FN3O2/c1-12-5-6-15(18)16(10-12)21-8-3-4-14(11-21)20-17(23)19-13(2)7-9-22/h5-6,10,13-14,22H,3-4,7-9,11H2,1-2H3,(H2,19,20,23)/t13-,14?/m1/s1. The van der Waals surface area contributed by atoms with Crippen molar-refractivity contribution in [2.45, 2.75) is 45.2 Å². The Hall–Kier alpha value is -1.82. The highest BCUT2D eigenvalue weighted by molar-refractivity contribution is 5.74. The van der Waals surface area contributed by atoms with Gasteiger partial charge in [-0.3, -0.25) is 0 Å². The van der Waals surface area contributed by atoms with Crippen molar-refractivity contribution in [1.82, 2.24) is 10.6 Å². The van der Waals surface area contributed by atoms with Crippen LogP contribution in [-0.4, -0.2) is 42.9 Å². The first kappa shape index (κ1) is 17.5. The molecule has 128 valence electrons. The van der Waals surface area contributed by atoms with Gasteiger partial charge in [0.05, 0.1) is 5.69 Å². The lowest BCUT2D eigenvalue weighted by Gasteiger charge is -2.35. The van der Waals surface area contributed by atoms with Crippen LogP contribution in [0, 0.1) is 12.7 Å². The molecule has 0 aromatic heterocycles. The van der Waals surface area contributed by atoms with Crippen molar-refractivity contribution >= 4 is 11.7 Å². The lowest BCUT2D eigenvalue weighted by molar-refractivity contribution is 0.226. The number of halogens is 1. The number of carbonyl (C=O) groups excluding carboxylic acids is 1. The van der Waals surface area contributed by atoms with E-state index in [-0.39, 0.29) is 30.5 Å². The number of urea groups is 1. The third-order valence-corrected chi connectivity index (χ3v) is 4.14. The Bertz CT molecular complexity index is 539. The van der Waals surface area contributed by atoms with E-state index in [9.17, 15) is 9.18 Å². The molecule has 1 aromatic carbocycles. The van der Waals surface area contributed by atoms with Crippen molar-refractivity contribution in [2.75, 3.05) is 24.6 Å². The van der Waals surface area contributed by atoms with Crippen LogP contribution in [0.5, 0.6) is 0 Å². The van der Waals surface area contributed by atoms with Gasteiger partial charge in [-0.1, -0.05) is 6.07 Å². The molecule has 23 heavy (non-hydrogen) atoms. The van der Waals surface area contributed by atoms with Gasteiger partial charge in [-0.25, -0.2) is 9.18 Å². The van der Waals surface area contributed by atoms with Crippen molar-refractivity contribution in [3.05, 3.63) is 29.6 Å². The lowest BCUT2D eigenvalue weighted by atomic mass is 10.0. The maximum absolute atomic E-state index is 14.0. The van der Waals surface area contributed by atoms with Gasteiger partial charge in [0.2, 0.25) is 0 Å². The summed E-state index contributed by atoms with van der Waals surface area (Å²) >= 11 is 0. The summed E-state index contributed by atoms with van der Waals surface area (Å²) in [7, 11) is 0. The quantitative estimate of drug-likeness (QED) is 0.778. The van der Waals surface area contributed by atoms with Gasteiger partial charge in [0, 0.05) is 31.8 Å². The van der Waals surface area contributed by atoms with Gasteiger partial charge in [-0.05, 0) is 50.8 Å². The van der Waals surface area contributed by atoms with E-state index in [0.717, 1.165) is 24.9 Å². The third-order valence-electron chi connectivity index (χ3n) is 4.14. The molecule has 0 spiro atoms. The highest BCUT2D eigenvalue weighted by Crippen LogP contribution is 2.24. The van der Waals surface area contributed by atoms with Crippen LogP contribution in [0.15, 0.2) is 18.2 Å². The predicted octanol–water partition coefficient (Wildman–Crippen LogP) is 2.17. The second-order valence-electron chi connectivity index (χ2n) is 6.27. The van der Waals surface area contributed by atoms with Crippen molar-refractivity contribution in [1.29, 1.82) is 0 Å². The Balaban J connectivity index is 1.93. The largest absolute Gasteiger partial charge is 0.396 e. The maximum Gasteiger partial charge on any atom is 0.315 e. The molecule has 0 saturated carbocycles. The van der Waals surface area contributed by atoms with Crippen molar-refractivity contribution in [3.8, 4) is 0 Å². The Morgan fingerprint density at radius 2 is 2.30 bits per heavy atom. The molecule has 2 rings (SSSR count). The molecule has 0 aliphatic carbocycles. The molecule has 5 nitrogen and oxygen atoms in total. The Labute approximate surface area is 136 Å². The molecule has 2 atom stereocenters. The number of hydrogen-bond acceptors (Lipinski definition) is 3. The van der Waals surface area contributed by atoms with Crippen LogP contribution < -0.4 is 15.5 Å². The molecule has 0 radical (unpaired) electrons. The van der Waals surface area contributed by atoms with Gasteiger partial charge >= 0.3 is 6.03 Å². The minimum atomic E-state index is -0.234. The first-order chi connectivity index (χ1) is 11.0.